The van der Waals surface area contributed by atoms with Crippen LogP contribution in [0.4, 0.5) is 5.95 Å². The first-order valence-electron chi connectivity index (χ1n) is 5.83. The zero-order valence-corrected chi connectivity index (χ0v) is 10.7. The summed E-state index contributed by atoms with van der Waals surface area (Å²) < 4.78 is 10.7. The van der Waals surface area contributed by atoms with Gasteiger partial charge in [-0.05, 0) is 20.8 Å². The van der Waals surface area contributed by atoms with Crippen LogP contribution in [-0.2, 0) is 0 Å². The SMILES string of the molecule is CCOc1ccnc(NC(C)c2ncc(C)o2)n1. The lowest BCUT2D eigenvalue weighted by Gasteiger charge is -2.10. The summed E-state index contributed by atoms with van der Waals surface area (Å²) in [7, 11) is 0. The molecule has 0 radical (unpaired) electrons. The second-order valence-electron chi connectivity index (χ2n) is 3.83. The molecule has 2 rings (SSSR count). The van der Waals surface area contributed by atoms with Crippen LogP contribution in [0, 0.1) is 6.92 Å². The lowest BCUT2D eigenvalue weighted by molar-refractivity contribution is 0.326. The van der Waals surface area contributed by atoms with Crippen molar-refractivity contribution < 1.29 is 9.15 Å². The van der Waals surface area contributed by atoms with E-state index in [1.165, 1.54) is 0 Å². The normalized spacial score (nSPS) is 12.2. The molecule has 1 N–H and O–H groups in total. The lowest BCUT2D eigenvalue weighted by Crippen LogP contribution is -2.10. The summed E-state index contributed by atoms with van der Waals surface area (Å²) in [5.41, 5.74) is 0. The molecule has 0 aliphatic rings. The van der Waals surface area contributed by atoms with Crippen molar-refractivity contribution in [2.45, 2.75) is 26.8 Å². The Bertz CT molecular complexity index is 512. The van der Waals surface area contributed by atoms with Crippen LogP contribution in [0.2, 0.25) is 0 Å². The van der Waals surface area contributed by atoms with Crippen LogP contribution < -0.4 is 10.1 Å². The molecule has 18 heavy (non-hydrogen) atoms. The van der Waals surface area contributed by atoms with E-state index in [-0.39, 0.29) is 6.04 Å². The van der Waals surface area contributed by atoms with Gasteiger partial charge in [-0.2, -0.15) is 4.98 Å². The molecule has 96 valence electrons. The van der Waals surface area contributed by atoms with E-state index in [1.54, 1.807) is 18.5 Å². The topological polar surface area (TPSA) is 73.1 Å². The predicted octanol–water partition coefficient (Wildman–Crippen LogP) is 2.34. The number of anilines is 1. The fraction of sp³-hybridized carbons (Fsp3) is 0.417. The second-order valence-corrected chi connectivity index (χ2v) is 3.83. The van der Waals surface area contributed by atoms with Crippen LogP contribution in [0.3, 0.4) is 0 Å². The number of aryl methyl sites for hydroxylation is 1. The van der Waals surface area contributed by atoms with Crippen molar-refractivity contribution in [2.24, 2.45) is 0 Å². The minimum absolute atomic E-state index is 0.101. The third-order valence-corrected chi connectivity index (χ3v) is 2.28. The third kappa shape index (κ3) is 2.97. The van der Waals surface area contributed by atoms with E-state index in [9.17, 15) is 0 Å². The highest BCUT2D eigenvalue weighted by Gasteiger charge is 2.12. The molecule has 2 aromatic rings. The van der Waals surface area contributed by atoms with Gasteiger partial charge in [0.25, 0.3) is 0 Å². The van der Waals surface area contributed by atoms with E-state index < -0.39 is 0 Å². The molecule has 0 fully saturated rings. The van der Waals surface area contributed by atoms with Crippen LogP contribution in [0.15, 0.2) is 22.9 Å². The summed E-state index contributed by atoms with van der Waals surface area (Å²) >= 11 is 0. The Morgan fingerprint density at radius 1 is 1.44 bits per heavy atom. The van der Waals surface area contributed by atoms with Gasteiger partial charge >= 0.3 is 0 Å². The molecule has 0 bridgehead atoms. The standard InChI is InChI=1S/C12H16N4O2/c1-4-17-10-5-6-13-12(16-10)15-9(3)11-14-7-8(2)18-11/h5-7,9H,4H2,1-3H3,(H,13,15,16). The van der Waals surface area contributed by atoms with Crippen molar-refractivity contribution in [3.63, 3.8) is 0 Å². The van der Waals surface area contributed by atoms with Crippen molar-refractivity contribution >= 4 is 5.95 Å². The molecule has 6 nitrogen and oxygen atoms in total. The maximum absolute atomic E-state index is 5.43. The van der Waals surface area contributed by atoms with Gasteiger partial charge in [0.15, 0.2) is 0 Å². The van der Waals surface area contributed by atoms with E-state index in [2.05, 4.69) is 20.3 Å². The molecule has 0 aromatic carbocycles. The summed E-state index contributed by atoms with van der Waals surface area (Å²) in [6.07, 6.45) is 3.33. The average molecular weight is 248 g/mol. The summed E-state index contributed by atoms with van der Waals surface area (Å²) in [6, 6.07) is 1.62. The van der Waals surface area contributed by atoms with Gasteiger partial charge in [0.05, 0.1) is 12.8 Å². The first-order valence-corrected chi connectivity index (χ1v) is 5.83. The third-order valence-electron chi connectivity index (χ3n) is 2.28. The summed E-state index contributed by atoms with van der Waals surface area (Å²) in [6.45, 7) is 6.27. The molecular weight excluding hydrogens is 232 g/mol. The van der Waals surface area contributed by atoms with E-state index >= 15 is 0 Å². The van der Waals surface area contributed by atoms with Gasteiger partial charge in [0, 0.05) is 12.3 Å². The lowest BCUT2D eigenvalue weighted by atomic mass is 10.3. The van der Waals surface area contributed by atoms with Crippen molar-refractivity contribution in [1.82, 2.24) is 15.0 Å². The molecular formula is C12H16N4O2. The monoisotopic (exact) mass is 248 g/mol. The molecule has 1 atom stereocenters. The zero-order chi connectivity index (χ0) is 13.0. The second kappa shape index (κ2) is 5.48. The number of nitrogens with one attached hydrogen (secondary N) is 1. The Balaban J connectivity index is 2.06. The largest absolute Gasteiger partial charge is 0.478 e. The summed E-state index contributed by atoms with van der Waals surface area (Å²) in [5, 5.41) is 3.11. The molecule has 0 saturated carbocycles. The van der Waals surface area contributed by atoms with Crippen molar-refractivity contribution in [3.05, 3.63) is 30.1 Å². The van der Waals surface area contributed by atoms with E-state index in [4.69, 9.17) is 9.15 Å². The molecule has 6 heteroatoms. The highest BCUT2D eigenvalue weighted by atomic mass is 16.5. The molecule has 2 heterocycles. The summed E-state index contributed by atoms with van der Waals surface area (Å²) in [5.74, 6) is 2.43. The van der Waals surface area contributed by atoms with Crippen LogP contribution in [0.25, 0.3) is 0 Å². The maximum Gasteiger partial charge on any atom is 0.226 e. The van der Waals surface area contributed by atoms with Crippen LogP contribution in [-0.4, -0.2) is 21.6 Å². The van der Waals surface area contributed by atoms with Crippen LogP contribution in [0.5, 0.6) is 5.88 Å². The Kier molecular flexibility index (Phi) is 3.76. The zero-order valence-electron chi connectivity index (χ0n) is 10.7. The van der Waals surface area contributed by atoms with E-state index in [0.29, 0.717) is 24.3 Å². The minimum atomic E-state index is -0.101. The number of nitrogens with zero attached hydrogens (tertiary/aromatic N) is 3. The highest BCUT2D eigenvalue weighted by molar-refractivity contribution is 5.29. The molecule has 0 aliphatic carbocycles. The van der Waals surface area contributed by atoms with Gasteiger partial charge in [-0.15, -0.1) is 0 Å². The van der Waals surface area contributed by atoms with Crippen LogP contribution >= 0.6 is 0 Å². The number of hydrogen-bond acceptors (Lipinski definition) is 6. The van der Waals surface area contributed by atoms with E-state index in [0.717, 1.165) is 5.76 Å². The van der Waals surface area contributed by atoms with Crippen molar-refractivity contribution in [2.75, 3.05) is 11.9 Å². The number of aromatic nitrogens is 3. The first-order chi connectivity index (χ1) is 8.69. The molecule has 0 spiro atoms. The van der Waals surface area contributed by atoms with Crippen LogP contribution in [0.1, 0.15) is 31.5 Å². The van der Waals surface area contributed by atoms with Gasteiger partial charge in [-0.3, -0.25) is 0 Å². The van der Waals surface area contributed by atoms with Crippen molar-refractivity contribution in [1.29, 1.82) is 0 Å². The number of hydrogen-bond donors (Lipinski definition) is 1. The molecule has 1 unspecified atom stereocenters. The molecule has 0 aliphatic heterocycles. The van der Waals surface area contributed by atoms with Gasteiger partial charge in [-0.25, -0.2) is 9.97 Å². The van der Waals surface area contributed by atoms with Gasteiger partial charge < -0.3 is 14.5 Å². The fourth-order valence-corrected chi connectivity index (χ4v) is 1.47. The summed E-state index contributed by atoms with van der Waals surface area (Å²) in [4.78, 5) is 12.5. The average Bonchev–Trinajstić information content (AvgIpc) is 2.77. The highest BCUT2D eigenvalue weighted by Crippen LogP contribution is 2.17. The Morgan fingerprint density at radius 3 is 2.94 bits per heavy atom. The smallest absolute Gasteiger partial charge is 0.226 e. The number of rotatable bonds is 5. The fourth-order valence-electron chi connectivity index (χ4n) is 1.47. The predicted molar refractivity (Wildman–Crippen MR) is 66.5 cm³/mol. The Labute approximate surface area is 105 Å². The van der Waals surface area contributed by atoms with Gasteiger partial charge in [0.2, 0.25) is 17.7 Å². The molecule has 0 amide bonds. The Morgan fingerprint density at radius 2 is 2.28 bits per heavy atom. The quantitative estimate of drug-likeness (QED) is 0.875. The van der Waals surface area contributed by atoms with E-state index in [1.807, 2.05) is 20.8 Å². The van der Waals surface area contributed by atoms with Gasteiger partial charge in [0.1, 0.15) is 11.8 Å². The minimum Gasteiger partial charge on any atom is -0.478 e. The Hall–Kier alpha value is -2.11. The number of ether oxygens (including phenoxy) is 1. The van der Waals surface area contributed by atoms with Gasteiger partial charge in [-0.1, -0.05) is 0 Å². The molecule has 2 aromatic heterocycles. The number of oxazole rings is 1. The van der Waals surface area contributed by atoms with Crippen molar-refractivity contribution in [3.8, 4) is 5.88 Å². The molecule has 0 saturated heterocycles. The first kappa shape index (κ1) is 12.3. The maximum atomic E-state index is 5.43.